The largest absolute Gasteiger partial charge is 0.441 e. The van der Waals surface area contributed by atoms with E-state index in [1.54, 1.807) is 29.2 Å². The summed E-state index contributed by atoms with van der Waals surface area (Å²) in [6.45, 7) is 1.73. The van der Waals surface area contributed by atoms with Gasteiger partial charge in [0, 0.05) is 44.7 Å². The number of aryl methyl sites for hydroxylation is 1. The monoisotopic (exact) mass is 447 g/mol. The second-order valence-electron chi connectivity index (χ2n) is 7.51. The van der Waals surface area contributed by atoms with E-state index in [4.69, 9.17) is 4.42 Å². The molecule has 32 heavy (non-hydrogen) atoms. The summed E-state index contributed by atoms with van der Waals surface area (Å²) < 4.78 is 58.3. The number of carbonyl (C=O) groups is 1. The molecule has 1 aliphatic rings. The number of anilines is 1. The Morgan fingerprint density at radius 2 is 1.78 bits per heavy atom. The molecule has 0 saturated carbocycles. The minimum absolute atomic E-state index is 0.0840. The summed E-state index contributed by atoms with van der Waals surface area (Å²) in [6.07, 6.45) is -2.49. The van der Waals surface area contributed by atoms with Gasteiger partial charge in [-0.25, -0.2) is 9.37 Å². The molecule has 168 valence electrons. The second kappa shape index (κ2) is 9.02. The standard InChI is InChI=1S/C23H21F4N3O2/c24-19-7-2-1-6-18(19)20-15-28-21(32-20)8-9-22(31)30-12-10-29(11-13-30)17-5-3-4-16(14-17)23(25,26)27/h1-7,14-15H,8-13H2. The van der Waals surface area contributed by atoms with Crippen molar-refractivity contribution in [2.75, 3.05) is 31.1 Å². The van der Waals surface area contributed by atoms with E-state index >= 15 is 0 Å². The number of hydrogen-bond acceptors (Lipinski definition) is 4. The van der Waals surface area contributed by atoms with Crippen molar-refractivity contribution in [1.29, 1.82) is 0 Å². The van der Waals surface area contributed by atoms with Crippen LogP contribution in [-0.2, 0) is 17.4 Å². The van der Waals surface area contributed by atoms with Gasteiger partial charge < -0.3 is 14.2 Å². The first-order valence-corrected chi connectivity index (χ1v) is 10.2. The number of hydrogen-bond donors (Lipinski definition) is 0. The third kappa shape index (κ3) is 4.92. The van der Waals surface area contributed by atoms with Crippen LogP contribution in [0, 0.1) is 5.82 Å². The van der Waals surface area contributed by atoms with Gasteiger partial charge >= 0.3 is 6.18 Å². The van der Waals surface area contributed by atoms with E-state index in [2.05, 4.69) is 4.98 Å². The van der Waals surface area contributed by atoms with Crippen molar-refractivity contribution >= 4 is 11.6 Å². The number of aromatic nitrogens is 1. The minimum atomic E-state index is -4.39. The fourth-order valence-corrected chi connectivity index (χ4v) is 3.68. The molecule has 0 aliphatic carbocycles. The van der Waals surface area contributed by atoms with Crippen molar-refractivity contribution in [2.45, 2.75) is 19.0 Å². The lowest BCUT2D eigenvalue weighted by molar-refractivity contribution is -0.137. The molecule has 0 unspecified atom stereocenters. The van der Waals surface area contributed by atoms with Crippen LogP contribution in [0.5, 0.6) is 0 Å². The zero-order valence-electron chi connectivity index (χ0n) is 17.1. The molecule has 0 N–H and O–H groups in total. The van der Waals surface area contributed by atoms with Crippen LogP contribution in [0.4, 0.5) is 23.2 Å². The van der Waals surface area contributed by atoms with Gasteiger partial charge in [-0.05, 0) is 30.3 Å². The first kappa shape index (κ1) is 21.9. The Labute approximate surface area is 182 Å². The highest BCUT2D eigenvalue weighted by Gasteiger charge is 2.31. The van der Waals surface area contributed by atoms with Gasteiger partial charge in [0.1, 0.15) is 5.82 Å². The van der Waals surface area contributed by atoms with E-state index in [1.807, 2.05) is 4.90 Å². The maximum absolute atomic E-state index is 13.9. The van der Waals surface area contributed by atoms with Crippen molar-refractivity contribution in [3.63, 3.8) is 0 Å². The highest BCUT2D eigenvalue weighted by atomic mass is 19.4. The highest BCUT2D eigenvalue weighted by Crippen LogP contribution is 2.32. The topological polar surface area (TPSA) is 49.6 Å². The van der Waals surface area contributed by atoms with Crippen LogP contribution in [0.15, 0.2) is 59.1 Å². The van der Waals surface area contributed by atoms with Gasteiger partial charge in [0.15, 0.2) is 11.7 Å². The predicted octanol–water partition coefficient (Wildman–Crippen LogP) is 4.78. The average molecular weight is 447 g/mol. The summed E-state index contributed by atoms with van der Waals surface area (Å²) in [5.41, 5.74) is 0.116. The van der Waals surface area contributed by atoms with Crippen LogP contribution in [-0.4, -0.2) is 42.0 Å². The highest BCUT2D eigenvalue weighted by molar-refractivity contribution is 5.76. The fraction of sp³-hybridized carbons (Fsp3) is 0.304. The molecular formula is C23H21F4N3O2. The molecule has 9 heteroatoms. The Morgan fingerprint density at radius 3 is 2.50 bits per heavy atom. The number of piperazine rings is 1. The first-order chi connectivity index (χ1) is 15.3. The molecule has 2 aromatic carbocycles. The van der Waals surface area contributed by atoms with Crippen molar-refractivity contribution in [1.82, 2.24) is 9.88 Å². The molecule has 1 aliphatic heterocycles. The first-order valence-electron chi connectivity index (χ1n) is 10.2. The molecule has 3 aromatic rings. The molecular weight excluding hydrogens is 426 g/mol. The summed E-state index contributed by atoms with van der Waals surface area (Å²) in [7, 11) is 0. The normalized spacial score (nSPS) is 14.6. The van der Waals surface area contributed by atoms with E-state index < -0.39 is 17.6 Å². The molecule has 1 aromatic heterocycles. The second-order valence-corrected chi connectivity index (χ2v) is 7.51. The lowest BCUT2D eigenvalue weighted by atomic mass is 10.1. The lowest BCUT2D eigenvalue weighted by Gasteiger charge is -2.36. The van der Waals surface area contributed by atoms with Gasteiger partial charge in [-0.2, -0.15) is 13.2 Å². The van der Waals surface area contributed by atoms with E-state index in [0.29, 0.717) is 49.1 Å². The number of carbonyl (C=O) groups excluding carboxylic acids is 1. The van der Waals surface area contributed by atoms with E-state index in [0.717, 1.165) is 12.1 Å². The smallest absolute Gasteiger partial charge is 0.416 e. The van der Waals surface area contributed by atoms with Crippen LogP contribution in [0.3, 0.4) is 0 Å². The van der Waals surface area contributed by atoms with Gasteiger partial charge in [-0.15, -0.1) is 0 Å². The number of halogens is 4. The van der Waals surface area contributed by atoms with Crippen LogP contribution < -0.4 is 4.90 Å². The van der Waals surface area contributed by atoms with E-state index in [1.165, 1.54) is 18.3 Å². The van der Waals surface area contributed by atoms with Crippen LogP contribution in [0.1, 0.15) is 17.9 Å². The van der Waals surface area contributed by atoms with Gasteiger partial charge in [0.25, 0.3) is 0 Å². The van der Waals surface area contributed by atoms with Crippen LogP contribution in [0.2, 0.25) is 0 Å². The maximum atomic E-state index is 13.9. The molecule has 0 radical (unpaired) electrons. The molecule has 0 atom stereocenters. The molecule has 5 nitrogen and oxygen atoms in total. The lowest BCUT2D eigenvalue weighted by Crippen LogP contribution is -2.48. The van der Waals surface area contributed by atoms with Crippen molar-refractivity contribution in [3.8, 4) is 11.3 Å². The summed E-state index contributed by atoms with van der Waals surface area (Å²) >= 11 is 0. The molecule has 0 spiro atoms. The molecule has 0 bridgehead atoms. The van der Waals surface area contributed by atoms with Crippen molar-refractivity contribution in [2.24, 2.45) is 0 Å². The van der Waals surface area contributed by atoms with Crippen LogP contribution >= 0.6 is 0 Å². The van der Waals surface area contributed by atoms with E-state index in [-0.39, 0.29) is 18.7 Å². The van der Waals surface area contributed by atoms with Crippen molar-refractivity contribution < 1.29 is 26.8 Å². The summed E-state index contributed by atoms with van der Waals surface area (Å²) in [5, 5.41) is 0. The van der Waals surface area contributed by atoms with Gasteiger partial charge in [0.2, 0.25) is 5.91 Å². The Bertz CT molecular complexity index is 1090. The Hall–Kier alpha value is -3.36. The Kier molecular flexibility index (Phi) is 6.16. The minimum Gasteiger partial charge on any atom is -0.441 e. The summed E-state index contributed by atoms with van der Waals surface area (Å²) in [6, 6.07) is 11.4. The van der Waals surface area contributed by atoms with Gasteiger partial charge in [0.05, 0.1) is 17.3 Å². The number of alkyl halides is 3. The number of amides is 1. The zero-order chi connectivity index (χ0) is 22.7. The van der Waals surface area contributed by atoms with Crippen molar-refractivity contribution in [3.05, 3.63) is 72.0 Å². The molecule has 4 rings (SSSR count). The third-order valence-electron chi connectivity index (χ3n) is 5.42. The fourth-order valence-electron chi connectivity index (χ4n) is 3.68. The Morgan fingerprint density at radius 1 is 1.03 bits per heavy atom. The number of oxazole rings is 1. The Balaban J connectivity index is 1.30. The maximum Gasteiger partial charge on any atom is 0.416 e. The summed E-state index contributed by atoms with van der Waals surface area (Å²) in [5.74, 6) is 0.156. The average Bonchev–Trinajstić information content (AvgIpc) is 3.26. The summed E-state index contributed by atoms with van der Waals surface area (Å²) in [4.78, 5) is 20.2. The zero-order valence-corrected chi connectivity index (χ0v) is 17.1. The third-order valence-corrected chi connectivity index (χ3v) is 5.42. The SMILES string of the molecule is O=C(CCc1ncc(-c2ccccc2F)o1)N1CCN(c2cccc(C(F)(F)F)c2)CC1. The predicted molar refractivity (Wildman–Crippen MR) is 110 cm³/mol. The van der Waals surface area contributed by atoms with Crippen LogP contribution in [0.25, 0.3) is 11.3 Å². The molecule has 1 saturated heterocycles. The van der Waals surface area contributed by atoms with E-state index in [9.17, 15) is 22.4 Å². The number of nitrogens with zero attached hydrogens (tertiary/aromatic N) is 3. The quantitative estimate of drug-likeness (QED) is 0.529. The van der Waals surface area contributed by atoms with Gasteiger partial charge in [-0.3, -0.25) is 4.79 Å². The number of benzene rings is 2. The molecule has 2 heterocycles. The number of rotatable bonds is 5. The molecule has 1 fully saturated rings. The molecule has 1 amide bonds. The van der Waals surface area contributed by atoms with Gasteiger partial charge in [-0.1, -0.05) is 18.2 Å².